The van der Waals surface area contributed by atoms with Crippen LogP contribution in [-0.2, 0) is 33.4 Å². The van der Waals surface area contributed by atoms with Gasteiger partial charge in [-0.2, -0.15) is 0 Å². The number of hydrogen-bond acceptors (Lipinski definition) is 9. The van der Waals surface area contributed by atoms with E-state index >= 15 is 0 Å². The molecule has 3 aliphatic heterocycles. The van der Waals surface area contributed by atoms with Crippen LogP contribution in [0.4, 0.5) is 0 Å². The van der Waals surface area contributed by atoms with Crippen LogP contribution in [0, 0.1) is 35.5 Å². The summed E-state index contributed by atoms with van der Waals surface area (Å²) in [6, 6.07) is -0.169. The number of carbonyl (C=O) groups excluding carboxylic acids is 4. The topological polar surface area (TPSA) is 140 Å². The number of rotatable bonds is 5. The van der Waals surface area contributed by atoms with Crippen molar-refractivity contribution in [3.63, 3.8) is 0 Å². The Hall–Kier alpha value is -2.76. The fourth-order valence-corrected chi connectivity index (χ4v) is 10.1. The number of ketones is 3. The Bertz CT molecular complexity index is 1550. The molecule has 2 bridgehead atoms. The zero-order chi connectivity index (χ0) is 44.0. The number of carbonyl (C=O) groups is 4. The minimum Gasteiger partial charge on any atom is -0.386 e. The van der Waals surface area contributed by atoms with Crippen LogP contribution in [0.5, 0.6) is 0 Å². The van der Waals surface area contributed by atoms with Crippen molar-refractivity contribution < 1.29 is 43.6 Å². The van der Waals surface area contributed by atoms with Gasteiger partial charge in [-0.15, -0.1) is 0 Å². The molecule has 4 aliphatic rings. The minimum absolute atomic E-state index is 0.0585. The van der Waals surface area contributed by atoms with Crippen molar-refractivity contribution in [2.45, 2.75) is 187 Å². The van der Waals surface area contributed by atoms with Crippen molar-refractivity contribution >= 4 is 23.3 Å². The van der Waals surface area contributed by atoms with E-state index in [0.717, 1.165) is 63.4 Å². The van der Waals surface area contributed by atoms with Gasteiger partial charge in [-0.05, 0) is 127 Å². The van der Waals surface area contributed by atoms with Gasteiger partial charge in [0.05, 0.1) is 12.2 Å². The number of methoxy groups -OCH3 is 2. The van der Waals surface area contributed by atoms with E-state index in [4.69, 9.17) is 14.2 Å². The van der Waals surface area contributed by atoms with E-state index in [0.29, 0.717) is 68.9 Å². The summed E-state index contributed by atoms with van der Waals surface area (Å²) in [6.07, 6.45) is 22.1. The highest BCUT2D eigenvalue weighted by Crippen LogP contribution is 2.38. The van der Waals surface area contributed by atoms with Gasteiger partial charge >= 0.3 is 0 Å². The Balaban J connectivity index is 1.58. The molecule has 1 aliphatic carbocycles. The van der Waals surface area contributed by atoms with Crippen LogP contribution in [0.2, 0.25) is 0 Å². The molecule has 0 aromatic rings. The largest absolute Gasteiger partial charge is 0.386 e. The Morgan fingerprint density at radius 1 is 0.833 bits per heavy atom. The Labute approximate surface area is 361 Å². The molecule has 4 rings (SSSR count). The van der Waals surface area contributed by atoms with Gasteiger partial charge in [-0.3, -0.25) is 19.2 Å². The molecular formula is C50H79NO9. The van der Waals surface area contributed by atoms with E-state index in [2.05, 4.69) is 19.9 Å². The number of aliphatic hydroxyl groups excluding tert-OH is 1. The summed E-state index contributed by atoms with van der Waals surface area (Å²) >= 11 is 0. The number of aliphatic hydroxyl groups is 2. The van der Waals surface area contributed by atoms with Crippen molar-refractivity contribution in [2.24, 2.45) is 35.5 Å². The average Bonchev–Trinajstić information content (AvgIpc) is 3.23. The normalized spacial score (nSPS) is 39.8. The van der Waals surface area contributed by atoms with Gasteiger partial charge in [-0.1, -0.05) is 82.6 Å². The van der Waals surface area contributed by atoms with E-state index in [1.807, 2.05) is 38.2 Å². The van der Waals surface area contributed by atoms with Crippen LogP contribution in [0.25, 0.3) is 0 Å². The maximum Gasteiger partial charge on any atom is 0.296 e. The molecule has 12 atom stereocenters. The van der Waals surface area contributed by atoms with E-state index in [-0.39, 0.29) is 54.0 Å². The first-order valence-corrected chi connectivity index (χ1v) is 23.3. The number of nitrogens with zero attached hydrogens (tertiary/aromatic N) is 1. The monoisotopic (exact) mass is 838 g/mol. The SMILES string of the molecule is COC1C(=O)[C@H](C)CC(C)/C=C/C=C/C=C(\C)CCC2CC[C@@H](C)[C@@](O)(O2)C(=O)C(=O)N2CCCC[C@H]2CCC(CCC2CCC(C)[C@H](OC)C2)CC(=O)C/C=C(\C)[C@H]1O. The van der Waals surface area contributed by atoms with Gasteiger partial charge in [0.15, 0.2) is 5.78 Å². The lowest BCUT2D eigenvalue weighted by Gasteiger charge is -2.42. The quantitative estimate of drug-likeness (QED) is 0.205. The standard InChI is InChI=1S/C50H79NO9/c1-33-14-10-9-11-15-34(2)30-37(5)46(54)47(59-8)45(53)36(4)19-26-42(52)31-39(22-23-40-21-18-35(3)44(32-40)58-7)24-25-41-16-12-13-29-51(41)49(56)48(55)50(57)38(6)20-28-43(60-50)27-17-33/h9-11,14-15,19,34-35,37-41,43-45,47,53,57H,12-13,16-18,20-32H2,1-8H3/b10-9+,15-11+,33-14+,36-19+/t34?,35?,37-,38-,39?,40?,41+,43?,44-,45-,47?,50-/m1/s1. The summed E-state index contributed by atoms with van der Waals surface area (Å²) in [5.74, 6) is -3.44. The van der Waals surface area contributed by atoms with Gasteiger partial charge in [-0.25, -0.2) is 0 Å². The van der Waals surface area contributed by atoms with E-state index in [1.54, 1.807) is 31.9 Å². The second kappa shape index (κ2) is 24.2. The lowest BCUT2D eigenvalue weighted by Crippen LogP contribution is -2.59. The molecule has 10 heteroatoms. The highest BCUT2D eigenvalue weighted by Gasteiger charge is 2.52. The predicted molar refractivity (Wildman–Crippen MR) is 236 cm³/mol. The fourth-order valence-electron chi connectivity index (χ4n) is 10.1. The summed E-state index contributed by atoms with van der Waals surface area (Å²) in [5, 5.41) is 23.1. The van der Waals surface area contributed by atoms with Crippen molar-refractivity contribution in [3.05, 3.63) is 47.6 Å². The molecule has 1 saturated carbocycles. The van der Waals surface area contributed by atoms with Crippen molar-refractivity contribution in [1.29, 1.82) is 0 Å². The first-order chi connectivity index (χ1) is 28.6. The van der Waals surface area contributed by atoms with Gasteiger partial charge in [0.1, 0.15) is 18.0 Å². The molecule has 0 spiro atoms. The molecule has 6 unspecified atom stereocenters. The predicted octanol–water partition coefficient (Wildman–Crippen LogP) is 8.82. The molecule has 0 radical (unpaired) electrons. The highest BCUT2D eigenvalue weighted by atomic mass is 16.6. The second-order valence-electron chi connectivity index (χ2n) is 19.2. The fraction of sp³-hybridized carbons (Fsp3) is 0.760. The summed E-state index contributed by atoms with van der Waals surface area (Å²) in [7, 11) is 3.23. The third kappa shape index (κ3) is 14.1. The first-order valence-electron chi connectivity index (χ1n) is 23.3. The third-order valence-electron chi connectivity index (χ3n) is 14.3. The third-order valence-corrected chi connectivity index (χ3v) is 14.3. The molecule has 2 saturated heterocycles. The van der Waals surface area contributed by atoms with E-state index in [1.165, 1.54) is 7.11 Å². The molecule has 2 N–H and O–H groups in total. The number of fused-ring (bicyclic) bond motifs is 3. The lowest BCUT2D eigenvalue weighted by molar-refractivity contribution is -0.263. The van der Waals surface area contributed by atoms with Crippen LogP contribution in [0.3, 0.4) is 0 Å². The lowest BCUT2D eigenvalue weighted by atomic mass is 9.77. The van der Waals surface area contributed by atoms with Crippen LogP contribution < -0.4 is 0 Å². The molecule has 1 amide bonds. The number of Topliss-reactive ketones (excluding diaryl/α,β-unsaturated/α-hetero) is 3. The summed E-state index contributed by atoms with van der Waals surface area (Å²) in [6.45, 7) is 12.2. The maximum atomic E-state index is 14.1. The van der Waals surface area contributed by atoms with Crippen LogP contribution in [-0.4, -0.2) is 95.4 Å². The van der Waals surface area contributed by atoms with Crippen molar-refractivity contribution in [3.8, 4) is 0 Å². The van der Waals surface area contributed by atoms with E-state index in [9.17, 15) is 29.4 Å². The Morgan fingerprint density at radius 2 is 1.57 bits per heavy atom. The van der Waals surface area contributed by atoms with Crippen LogP contribution in [0.15, 0.2) is 47.6 Å². The number of ether oxygens (including phenoxy) is 3. The van der Waals surface area contributed by atoms with Gasteiger partial charge in [0.2, 0.25) is 5.79 Å². The van der Waals surface area contributed by atoms with Gasteiger partial charge in [0, 0.05) is 51.5 Å². The highest BCUT2D eigenvalue weighted by molar-refractivity contribution is 6.38. The average molecular weight is 838 g/mol. The molecule has 60 heavy (non-hydrogen) atoms. The molecule has 0 aromatic heterocycles. The van der Waals surface area contributed by atoms with Crippen molar-refractivity contribution in [2.75, 3.05) is 20.8 Å². The van der Waals surface area contributed by atoms with Crippen molar-refractivity contribution in [1.82, 2.24) is 4.90 Å². The molecule has 3 fully saturated rings. The van der Waals surface area contributed by atoms with Crippen LogP contribution >= 0.6 is 0 Å². The Kier molecular flexibility index (Phi) is 20.1. The number of piperidine rings is 1. The molecule has 10 nitrogen and oxygen atoms in total. The number of hydrogen-bond donors (Lipinski definition) is 2. The first kappa shape index (κ1) is 49.9. The number of allylic oxidation sites excluding steroid dienone is 7. The molecular weight excluding hydrogens is 759 g/mol. The van der Waals surface area contributed by atoms with Gasteiger partial charge in [0.25, 0.3) is 11.7 Å². The zero-order valence-electron chi connectivity index (χ0n) is 38.2. The zero-order valence-corrected chi connectivity index (χ0v) is 38.2. The molecule has 0 aromatic carbocycles. The molecule has 3 heterocycles. The smallest absolute Gasteiger partial charge is 0.296 e. The maximum absolute atomic E-state index is 14.1. The van der Waals surface area contributed by atoms with Gasteiger partial charge < -0.3 is 29.3 Å². The second-order valence-corrected chi connectivity index (χ2v) is 19.2. The summed E-state index contributed by atoms with van der Waals surface area (Å²) < 4.78 is 17.6. The van der Waals surface area contributed by atoms with Crippen LogP contribution in [0.1, 0.15) is 151 Å². The van der Waals surface area contributed by atoms with E-state index < -0.39 is 35.6 Å². The number of amides is 1. The molecule has 338 valence electrons. The minimum atomic E-state index is -2.17. The Morgan fingerprint density at radius 3 is 2.30 bits per heavy atom. The summed E-state index contributed by atoms with van der Waals surface area (Å²) in [4.78, 5) is 57.1. The summed E-state index contributed by atoms with van der Waals surface area (Å²) in [5.41, 5.74) is 1.66.